The highest BCUT2D eigenvalue weighted by atomic mass is 79.9. The van der Waals surface area contributed by atoms with E-state index in [1.54, 1.807) is 24.8 Å². The summed E-state index contributed by atoms with van der Waals surface area (Å²) in [6, 6.07) is 4.46. The normalized spacial score (nSPS) is 16.7. The van der Waals surface area contributed by atoms with Crippen LogP contribution in [0.2, 0.25) is 0 Å². The fourth-order valence-electron chi connectivity index (χ4n) is 2.40. The molecule has 0 aliphatic carbocycles. The van der Waals surface area contributed by atoms with Crippen molar-refractivity contribution in [2.75, 3.05) is 11.4 Å². The molecule has 0 bridgehead atoms. The second-order valence-corrected chi connectivity index (χ2v) is 6.24. The first-order valence-electron chi connectivity index (χ1n) is 7.07. The van der Waals surface area contributed by atoms with Gasteiger partial charge in [-0.3, -0.25) is 14.4 Å². The molecule has 7 heteroatoms. The highest BCUT2D eigenvalue weighted by Crippen LogP contribution is 2.37. The number of benzene rings is 1. The van der Waals surface area contributed by atoms with Gasteiger partial charge in [0.2, 0.25) is 0 Å². The lowest BCUT2D eigenvalue weighted by atomic mass is 10.1. The number of hydrogen-bond donors (Lipinski definition) is 2. The Morgan fingerprint density at radius 3 is 2.59 bits per heavy atom. The summed E-state index contributed by atoms with van der Waals surface area (Å²) in [5, 5.41) is 5.03. The van der Waals surface area contributed by atoms with Gasteiger partial charge in [-0.15, -0.1) is 0 Å². The summed E-state index contributed by atoms with van der Waals surface area (Å²) in [6.07, 6.45) is 0. The summed E-state index contributed by atoms with van der Waals surface area (Å²) in [5.41, 5.74) is 1.44. The maximum atomic E-state index is 12.4. The van der Waals surface area contributed by atoms with Gasteiger partial charge < -0.3 is 15.5 Å². The van der Waals surface area contributed by atoms with E-state index in [-0.39, 0.29) is 11.9 Å². The standard InChI is InChI=1S/C15H18BrN3O3/c1-4-19-11-6-5-9(16)7-10(11)12(15(19)22)18-14(21)13(20)17-8(2)3/h5-8,12H,4H2,1-3H3,(H,17,20)(H,18,21)/t12-/m0/s1. The first kappa shape index (κ1) is 16.5. The minimum absolute atomic E-state index is 0.147. The monoisotopic (exact) mass is 367 g/mol. The number of nitrogens with one attached hydrogen (secondary N) is 2. The van der Waals surface area contributed by atoms with Crippen LogP contribution in [0.3, 0.4) is 0 Å². The number of halogens is 1. The van der Waals surface area contributed by atoms with Crippen molar-refractivity contribution in [1.29, 1.82) is 0 Å². The number of carbonyl (C=O) groups excluding carboxylic acids is 3. The molecule has 0 saturated heterocycles. The van der Waals surface area contributed by atoms with Crippen LogP contribution < -0.4 is 15.5 Å². The molecule has 0 spiro atoms. The highest BCUT2D eigenvalue weighted by molar-refractivity contribution is 9.10. The topological polar surface area (TPSA) is 78.5 Å². The molecule has 0 unspecified atom stereocenters. The van der Waals surface area contributed by atoms with Gasteiger partial charge in [0.15, 0.2) is 0 Å². The molecule has 0 fully saturated rings. The number of anilines is 1. The van der Waals surface area contributed by atoms with Crippen molar-refractivity contribution in [2.45, 2.75) is 32.9 Å². The van der Waals surface area contributed by atoms with Crippen molar-refractivity contribution in [3.63, 3.8) is 0 Å². The fourth-order valence-corrected chi connectivity index (χ4v) is 2.78. The molecule has 1 aromatic carbocycles. The van der Waals surface area contributed by atoms with Crippen LogP contribution >= 0.6 is 15.9 Å². The number of nitrogens with zero attached hydrogens (tertiary/aromatic N) is 1. The quantitative estimate of drug-likeness (QED) is 0.794. The molecule has 6 nitrogen and oxygen atoms in total. The molecule has 1 aliphatic heterocycles. The molecule has 0 aromatic heterocycles. The Morgan fingerprint density at radius 2 is 2.00 bits per heavy atom. The second kappa shape index (κ2) is 6.48. The van der Waals surface area contributed by atoms with Gasteiger partial charge in [0.25, 0.3) is 5.91 Å². The van der Waals surface area contributed by atoms with E-state index in [0.29, 0.717) is 12.1 Å². The largest absolute Gasteiger partial charge is 0.346 e. The molecule has 3 amide bonds. The molecule has 0 radical (unpaired) electrons. The Labute approximate surface area is 137 Å². The van der Waals surface area contributed by atoms with Crippen molar-refractivity contribution < 1.29 is 14.4 Å². The lowest BCUT2D eigenvalue weighted by molar-refractivity contribution is -0.140. The summed E-state index contributed by atoms with van der Waals surface area (Å²) >= 11 is 3.36. The maximum Gasteiger partial charge on any atom is 0.310 e. The van der Waals surface area contributed by atoms with Gasteiger partial charge in [-0.2, -0.15) is 0 Å². The first-order valence-corrected chi connectivity index (χ1v) is 7.86. The van der Waals surface area contributed by atoms with Gasteiger partial charge in [-0.25, -0.2) is 0 Å². The predicted octanol–water partition coefficient (Wildman–Crippen LogP) is 1.50. The lowest BCUT2D eigenvalue weighted by Gasteiger charge is -2.16. The zero-order valence-electron chi connectivity index (χ0n) is 12.6. The van der Waals surface area contributed by atoms with E-state index >= 15 is 0 Å². The minimum atomic E-state index is -0.835. The van der Waals surface area contributed by atoms with E-state index in [2.05, 4.69) is 26.6 Å². The fraction of sp³-hybridized carbons (Fsp3) is 0.400. The smallest absolute Gasteiger partial charge is 0.310 e. The van der Waals surface area contributed by atoms with Crippen LogP contribution in [0, 0.1) is 0 Å². The minimum Gasteiger partial charge on any atom is -0.346 e. The van der Waals surface area contributed by atoms with Gasteiger partial charge in [0.05, 0.1) is 0 Å². The Bertz CT molecular complexity index is 630. The SMILES string of the molecule is CCN1C(=O)[C@@H](NC(=O)C(=O)NC(C)C)c2cc(Br)ccc21. The van der Waals surface area contributed by atoms with E-state index in [0.717, 1.165) is 10.2 Å². The number of likely N-dealkylation sites (N-methyl/N-ethyl adjacent to an activating group) is 1. The van der Waals surface area contributed by atoms with Gasteiger partial charge in [-0.05, 0) is 39.0 Å². The van der Waals surface area contributed by atoms with Crippen molar-refractivity contribution in [3.8, 4) is 0 Å². The third-order valence-electron chi connectivity index (χ3n) is 3.32. The van der Waals surface area contributed by atoms with E-state index < -0.39 is 17.9 Å². The summed E-state index contributed by atoms with van der Waals surface area (Å²) < 4.78 is 0.808. The van der Waals surface area contributed by atoms with Crippen LogP contribution in [0.4, 0.5) is 5.69 Å². The van der Waals surface area contributed by atoms with Crippen LogP contribution in [0.15, 0.2) is 22.7 Å². The number of fused-ring (bicyclic) bond motifs is 1. The van der Waals surface area contributed by atoms with Crippen LogP contribution in [-0.4, -0.2) is 30.3 Å². The molecule has 2 N–H and O–H groups in total. The van der Waals surface area contributed by atoms with Crippen LogP contribution in [0.5, 0.6) is 0 Å². The predicted molar refractivity (Wildman–Crippen MR) is 86.3 cm³/mol. The van der Waals surface area contributed by atoms with Crippen molar-refractivity contribution in [1.82, 2.24) is 10.6 Å². The molecule has 1 aliphatic rings. The van der Waals surface area contributed by atoms with E-state index in [1.807, 2.05) is 19.1 Å². The molecule has 1 aromatic rings. The average molecular weight is 368 g/mol. The molecule has 2 rings (SSSR count). The molecular formula is C15H18BrN3O3. The van der Waals surface area contributed by atoms with Gasteiger partial charge in [0, 0.05) is 28.3 Å². The van der Waals surface area contributed by atoms with Crippen LogP contribution in [0.25, 0.3) is 0 Å². The van der Waals surface area contributed by atoms with Crippen LogP contribution in [0.1, 0.15) is 32.4 Å². The molecule has 0 saturated carbocycles. The third-order valence-corrected chi connectivity index (χ3v) is 3.82. The summed E-state index contributed by atoms with van der Waals surface area (Å²) in [5.74, 6) is -1.79. The number of rotatable bonds is 3. The number of amides is 3. The highest BCUT2D eigenvalue weighted by Gasteiger charge is 2.38. The molecule has 22 heavy (non-hydrogen) atoms. The van der Waals surface area contributed by atoms with E-state index in [4.69, 9.17) is 0 Å². The van der Waals surface area contributed by atoms with Crippen molar-refractivity contribution in [3.05, 3.63) is 28.2 Å². The summed E-state index contributed by atoms with van der Waals surface area (Å²) in [7, 11) is 0. The Hall–Kier alpha value is -1.89. The van der Waals surface area contributed by atoms with Crippen LogP contribution in [-0.2, 0) is 14.4 Å². The number of carbonyl (C=O) groups is 3. The first-order chi connectivity index (χ1) is 10.3. The maximum absolute atomic E-state index is 12.4. The molecule has 1 heterocycles. The number of hydrogen-bond acceptors (Lipinski definition) is 3. The zero-order valence-corrected chi connectivity index (χ0v) is 14.2. The van der Waals surface area contributed by atoms with Gasteiger partial charge in [0.1, 0.15) is 6.04 Å². The zero-order chi connectivity index (χ0) is 16.4. The van der Waals surface area contributed by atoms with Gasteiger partial charge in [-0.1, -0.05) is 15.9 Å². The summed E-state index contributed by atoms with van der Waals surface area (Å²) in [4.78, 5) is 37.7. The lowest BCUT2D eigenvalue weighted by Crippen LogP contribution is -2.46. The second-order valence-electron chi connectivity index (χ2n) is 5.32. The van der Waals surface area contributed by atoms with E-state index in [1.165, 1.54) is 0 Å². The van der Waals surface area contributed by atoms with Crippen molar-refractivity contribution >= 4 is 39.3 Å². The third kappa shape index (κ3) is 3.14. The molecular weight excluding hydrogens is 350 g/mol. The van der Waals surface area contributed by atoms with E-state index in [9.17, 15) is 14.4 Å². The molecule has 118 valence electrons. The summed E-state index contributed by atoms with van der Waals surface area (Å²) in [6.45, 7) is 5.88. The molecule has 1 atom stereocenters. The average Bonchev–Trinajstić information content (AvgIpc) is 2.70. The van der Waals surface area contributed by atoms with Gasteiger partial charge >= 0.3 is 11.8 Å². The Morgan fingerprint density at radius 1 is 1.32 bits per heavy atom. The van der Waals surface area contributed by atoms with Crippen molar-refractivity contribution in [2.24, 2.45) is 0 Å². The Kier molecular flexibility index (Phi) is 4.85. The Balaban J connectivity index is 2.25.